The van der Waals surface area contributed by atoms with Crippen LogP contribution in [0.2, 0.25) is 0 Å². The molecule has 3 amide bonds. The maximum atomic E-state index is 13.9. The third-order valence-corrected chi connectivity index (χ3v) is 8.68. The molecule has 3 aromatic rings. The number of amides is 3. The zero-order chi connectivity index (χ0) is 27.7. The van der Waals surface area contributed by atoms with E-state index in [1.807, 2.05) is 32.0 Å². The van der Waals surface area contributed by atoms with Crippen LogP contribution in [0.15, 0.2) is 70.5 Å². The molecular weight excluding hydrogens is 514 g/mol. The maximum absolute atomic E-state index is 13.9. The molecule has 9 heteroatoms. The SMILES string of the molecule is CCOC(=O)N1CCN(C(=O)c2ccc3c(c2)N(Cc2cc(C)ccc2C)C(=O)c2ccccc2[S@]3=O)CC1. The molecule has 3 aromatic carbocycles. The lowest BCUT2D eigenvalue weighted by atomic mass is 10.0. The van der Waals surface area contributed by atoms with E-state index < -0.39 is 10.8 Å². The summed E-state index contributed by atoms with van der Waals surface area (Å²) in [5, 5.41) is 0. The van der Waals surface area contributed by atoms with E-state index in [9.17, 15) is 18.6 Å². The number of nitrogens with zero attached hydrogens (tertiary/aromatic N) is 3. The summed E-state index contributed by atoms with van der Waals surface area (Å²) in [6.07, 6.45) is -0.378. The van der Waals surface area contributed by atoms with Crippen molar-refractivity contribution in [3.63, 3.8) is 0 Å². The lowest BCUT2D eigenvalue weighted by Crippen LogP contribution is -2.50. The molecule has 0 aliphatic carbocycles. The van der Waals surface area contributed by atoms with Crippen molar-refractivity contribution in [3.05, 3.63) is 88.5 Å². The Hall–Kier alpha value is -3.98. The van der Waals surface area contributed by atoms with E-state index in [2.05, 4.69) is 0 Å². The molecule has 0 saturated carbocycles. The van der Waals surface area contributed by atoms with E-state index in [4.69, 9.17) is 4.74 Å². The molecular formula is C30H31N3O5S. The summed E-state index contributed by atoms with van der Waals surface area (Å²) >= 11 is 0. The van der Waals surface area contributed by atoms with E-state index in [-0.39, 0.29) is 24.5 Å². The number of fused-ring (bicyclic) bond motifs is 2. The summed E-state index contributed by atoms with van der Waals surface area (Å²) in [5.74, 6) is -0.459. The standard InChI is InChI=1S/C30H31N3O5S/c1-4-38-30(36)32-15-13-31(14-16-32)28(34)22-11-12-27-25(18-22)33(19-23-17-20(2)9-10-21(23)3)29(35)24-7-5-6-8-26(24)39(27)37/h5-12,17-18H,4,13-16,19H2,1-3H3/t39-/m1/s1. The Balaban J connectivity index is 1.51. The number of carbonyl (C=O) groups is 3. The molecule has 1 saturated heterocycles. The molecule has 2 heterocycles. The van der Waals surface area contributed by atoms with E-state index in [0.717, 1.165) is 16.7 Å². The summed E-state index contributed by atoms with van der Waals surface area (Å²) in [6, 6.07) is 18.1. The van der Waals surface area contributed by atoms with E-state index >= 15 is 0 Å². The van der Waals surface area contributed by atoms with Gasteiger partial charge in [0.25, 0.3) is 11.8 Å². The Labute approximate surface area is 230 Å². The first-order valence-corrected chi connectivity index (χ1v) is 14.2. The number of rotatable bonds is 4. The molecule has 5 rings (SSSR count). The van der Waals surface area contributed by atoms with Gasteiger partial charge in [-0.2, -0.15) is 0 Å². The van der Waals surface area contributed by atoms with Crippen LogP contribution in [0.3, 0.4) is 0 Å². The normalized spacial score (nSPS) is 16.8. The van der Waals surface area contributed by atoms with Crippen LogP contribution in [-0.4, -0.2) is 64.7 Å². The zero-order valence-electron chi connectivity index (χ0n) is 22.3. The van der Waals surface area contributed by atoms with E-state index in [0.29, 0.717) is 59.4 Å². The maximum Gasteiger partial charge on any atom is 0.409 e. The average molecular weight is 546 g/mol. The van der Waals surface area contributed by atoms with Crippen molar-refractivity contribution in [2.24, 2.45) is 0 Å². The van der Waals surface area contributed by atoms with Crippen LogP contribution >= 0.6 is 0 Å². The quantitative estimate of drug-likeness (QED) is 0.480. The topological polar surface area (TPSA) is 87.2 Å². The first kappa shape index (κ1) is 26.6. The van der Waals surface area contributed by atoms with Crippen molar-refractivity contribution in [1.82, 2.24) is 9.80 Å². The van der Waals surface area contributed by atoms with Gasteiger partial charge in [0.05, 0.1) is 45.0 Å². The molecule has 0 bridgehead atoms. The first-order chi connectivity index (χ1) is 18.8. The Bertz CT molecular complexity index is 1480. The highest BCUT2D eigenvalue weighted by Crippen LogP contribution is 2.36. The van der Waals surface area contributed by atoms with Crippen LogP contribution in [0.1, 0.15) is 44.3 Å². The summed E-state index contributed by atoms with van der Waals surface area (Å²) in [7, 11) is -1.60. The second-order valence-electron chi connectivity index (χ2n) is 9.75. The fraction of sp³-hybridized carbons (Fsp3) is 0.300. The van der Waals surface area contributed by atoms with E-state index in [1.54, 1.807) is 64.1 Å². The number of benzene rings is 3. The fourth-order valence-electron chi connectivity index (χ4n) is 4.98. The number of piperazine rings is 1. The minimum absolute atomic E-state index is 0.201. The van der Waals surface area contributed by atoms with Gasteiger partial charge in [0.1, 0.15) is 0 Å². The van der Waals surface area contributed by atoms with Gasteiger partial charge in [0, 0.05) is 31.7 Å². The average Bonchev–Trinajstić information content (AvgIpc) is 3.04. The lowest BCUT2D eigenvalue weighted by molar-refractivity contribution is 0.0570. The summed E-state index contributed by atoms with van der Waals surface area (Å²) < 4.78 is 18.8. The molecule has 8 nitrogen and oxygen atoms in total. The molecule has 1 atom stereocenters. The molecule has 0 unspecified atom stereocenters. The predicted octanol–water partition coefficient (Wildman–Crippen LogP) is 4.54. The Morgan fingerprint density at radius 1 is 0.897 bits per heavy atom. The molecule has 0 spiro atoms. The third-order valence-electron chi connectivity index (χ3n) is 7.18. The molecule has 202 valence electrons. The third kappa shape index (κ3) is 5.18. The largest absolute Gasteiger partial charge is 0.450 e. The summed E-state index contributed by atoms with van der Waals surface area (Å²) in [5.41, 5.74) is 4.35. The van der Waals surface area contributed by atoms with Crippen LogP contribution in [0.4, 0.5) is 10.5 Å². The minimum Gasteiger partial charge on any atom is -0.450 e. The second-order valence-corrected chi connectivity index (χ2v) is 11.2. The lowest BCUT2D eigenvalue weighted by Gasteiger charge is -2.34. The van der Waals surface area contributed by atoms with Gasteiger partial charge in [-0.3, -0.25) is 9.59 Å². The Morgan fingerprint density at radius 2 is 1.62 bits per heavy atom. The van der Waals surface area contributed by atoms with Gasteiger partial charge < -0.3 is 19.4 Å². The van der Waals surface area contributed by atoms with Crippen molar-refractivity contribution in [2.75, 3.05) is 37.7 Å². The van der Waals surface area contributed by atoms with Crippen LogP contribution in [0, 0.1) is 13.8 Å². The molecule has 0 radical (unpaired) electrons. The van der Waals surface area contributed by atoms with Gasteiger partial charge >= 0.3 is 6.09 Å². The van der Waals surface area contributed by atoms with Crippen LogP contribution < -0.4 is 4.90 Å². The van der Waals surface area contributed by atoms with Gasteiger partial charge in [-0.1, -0.05) is 35.9 Å². The highest BCUT2D eigenvalue weighted by atomic mass is 32.2. The van der Waals surface area contributed by atoms with Crippen molar-refractivity contribution in [1.29, 1.82) is 0 Å². The smallest absolute Gasteiger partial charge is 0.409 e. The molecule has 2 aliphatic rings. The highest BCUT2D eigenvalue weighted by Gasteiger charge is 2.33. The summed E-state index contributed by atoms with van der Waals surface area (Å²) in [6.45, 7) is 7.85. The molecule has 2 aliphatic heterocycles. The number of anilines is 1. The Kier molecular flexibility index (Phi) is 7.52. The monoisotopic (exact) mass is 545 g/mol. The van der Waals surface area contributed by atoms with Crippen molar-refractivity contribution in [2.45, 2.75) is 37.1 Å². The molecule has 1 fully saturated rings. The van der Waals surface area contributed by atoms with Gasteiger partial charge in [-0.05, 0) is 62.2 Å². The molecule has 0 aromatic heterocycles. The minimum atomic E-state index is -1.60. The van der Waals surface area contributed by atoms with Crippen molar-refractivity contribution < 1.29 is 23.3 Å². The summed E-state index contributed by atoms with van der Waals surface area (Å²) in [4.78, 5) is 45.4. The molecule has 0 N–H and O–H groups in total. The van der Waals surface area contributed by atoms with Gasteiger partial charge in [-0.25, -0.2) is 9.00 Å². The number of hydrogen-bond donors (Lipinski definition) is 0. The fourth-order valence-corrected chi connectivity index (χ4v) is 6.33. The Morgan fingerprint density at radius 3 is 2.36 bits per heavy atom. The number of aryl methyl sites for hydroxylation is 2. The first-order valence-electron chi connectivity index (χ1n) is 13.0. The number of hydrogen-bond acceptors (Lipinski definition) is 5. The van der Waals surface area contributed by atoms with E-state index in [1.165, 1.54) is 0 Å². The highest BCUT2D eigenvalue weighted by molar-refractivity contribution is 7.85. The van der Waals surface area contributed by atoms with Gasteiger partial charge in [0.15, 0.2) is 0 Å². The van der Waals surface area contributed by atoms with Crippen LogP contribution in [-0.2, 0) is 22.1 Å². The van der Waals surface area contributed by atoms with Crippen molar-refractivity contribution in [3.8, 4) is 0 Å². The number of carbonyl (C=O) groups excluding carboxylic acids is 3. The van der Waals surface area contributed by atoms with Gasteiger partial charge in [-0.15, -0.1) is 0 Å². The number of ether oxygens (including phenoxy) is 1. The second kappa shape index (κ2) is 11.0. The van der Waals surface area contributed by atoms with Crippen LogP contribution in [0.25, 0.3) is 0 Å². The molecule has 39 heavy (non-hydrogen) atoms. The van der Waals surface area contributed by atoms with Crippen molar-refractivity contribution >= 4 is 34.4 Å². The van der Waals surface area contributed by atoms with Gasteiger partial charge in [0.2, 0.25) is 0 Å². The predicted molar refractivity (Wildman–Crippen MR) is 148 cm³/mol. The van der Waals surface area contributed by atoms with Crippen LogP contribution in [0.5, 0.6) is 0 Å². The zero-order valence-corrected chi connectivity index (χ0v) is 23.1.